The van der Waals surface area contributed by atoms with Gasteiger partial charge in [-0.15, -0.1) is 0 Å². The van der Waals surface area contributed by atoms with Crippen molar-refractivity contribution in [3.8, 4) is 5.75 Å². The highest BCUT2D eigenvalue weighted by Crippen LogP contribution is 2.19. The van der Waals surface area contributed by atoms with Gasteiger partial charge in [-0.05, 0) is 25.0 Å². The minimum Gasteiger partial charge on any atom is -0.481 e. The van der Waals surface area contributed by atoms with Gasteiger partial charge in [-0.3, -0.25) is 4.79 Å². The zero-order chi connectivity index (χ0) is 13.7. The summed E-state index contributed by atoms with van der Waals surface area (Å²) in [5.41, 5.74) is 5.73. The van der Waals surface area contributed by atoms with Gasteiger partial charge < -0.3 is 15.8 Å². The number of carbonyl (C=O) groups is 1. The third-order valence-electron chi connectivity index (χ3n) is 2.70. The van der Waals surface area contributed by atoms with Crippen LogP contribution in [0.25, 0.3) is 0 Å². The summed E-state index contributed by atoms with van der Waals surface area (Å²) in [6.07, 6.45) is 0. The lowest BCUT2D eigenvalue weighted by Crippen LogP contribution is -2.39. The first kappa shape index (κ1) is 14.3. The number of rotatable bonds is 5. The molecule has 100 valence electrons. The molecule has 0 aliphatic heterocycles. The zero-order valence-electron chi connectivity index (χ0n) is 10.9. The van der Waals surface area contributed by atoms with E-state index in [2.05, 4.69) is 5.32 Å². The standard InChI is InChI=1S/C13H19FN2O2/c1-8(2)9(3)16-13(17)7-18-12-5-4-10(15)6-11(12)14/h4-6,8-9H,7,15H2,1-3H3,(H,16,17). The maximum absolute atomic E-state index is 13.4. The lowest BCUT2D eigenvalue weighted by Gasteiger charge is -2.17. The molecule has 1 rings (SSSR count). The van der Waals surface area contributed by atoms with Crippen LogP contribution in [0.5, 0.6) is 5.75 Å². The monoisotopic (exact) mass is 254 g/mol. The molecule has 0 bridgehead atoms. The normalized spacial score (nSPS) is 12.3. The Hall–Kier alpha value is -1.78. The van der Waals surface area contributed by atoms with Gasteiger partial charge in [-0.25, -0.2) is 4.39 Å². The minimum atomic E-state index is -0.570. The number of hydrogen-bond acceptors (Lipinski definition) is 3. The van der Waals surface area contributed by atoms with E-state index in [1.165, 1.54) is 12.1 Å². The van der Waals surface area contributed by atoms with Crippen LogP contribution in [0.2, 0.25) is 0 Å². The van der Waals surface area contributed by atoms with Gasteiger partial charge in [0.2, 0.25) is 0 Å². The van der Waals surface area contributed by atoms with Gasteiger partial charge in [-0.2, -0.15) is 0 Å². The molecule has 1 aromatic rings. The highest BCUT2D eigenvalue weighted by atomic mass is 19.1. The first-order valence-electron chi connectivity index (χ1n) is 5.87. The number of nitrogens with one attached hydrogen (secondary N) is 1. The lowest BCUT2D eigenvalue weighted by atomic mass is 10.1. The number of nitrogen functional groups attached to an aromatic ring is 1. The SMILES string of the molecule is CC(C)C(C)NC(=O)COc1ccc(N)cc1F. The molecule has 18 heavy (non-hydrogen) atoms. The van der Waals surface area contributed by atoms with Crippen molar-refractivity contribution in [2.24, 2.45) is 5.92 Å². The Balaban J connectivity index is 2.47. The van der Waals surface area contributed by atoms with E-state index in [4.69, 9.17) is 10.5 Å². The highest BCUT2D eigenvalue weighted by Gasteiger charge is 2.12. The van der Waals surface area contributed by atoms with Crippen molar-refractivity contribution in [3.05, 3.63) is 24.0 Å². The van der Waals surface area contributed by atoms with Gasteiger partial charge in [-0.1, -0.05) is 13.8 Å². The van der Waals surface area contributed by atoms with Crippen LogP contribution in [-0.4, -0.2) is 18.6 Å². The van der Waals surface area contributed by atoms with Crippen molar-refractivity contribution in [3.63, 3.8) is 0 Å². The molecular formula is C13H19FN2O2. The number of ether oxygens (including phenoxy) is 1. The fourth-order valence-corrected chi connectivity index (χ4v) is 1.24. The van der Waals surface area contributed by atoms with Crippen LogP contribution in [0.15, 0.2) is 18.2 Å². The smallest absolute Gasteiger partial charge is 0.258 e. The second kappa shape index (κ2) is 6.23. The number of amides is 1. The second-order valence-corrected chi connectivity index (χ2v) is 4.58. The molecule has 0 fully saturated rings. The average Bonchev–Trinajstić information content (AvgIpc) is 2.27. The summed E-state index contributed by atoms with van der Waals surface area (Å²) in [7, 11) is 0. The van der Waals surface area contributed by atoms with Crippen LogP contribution in [0, 0.1) is 11.7 Å². The molecule has 5 heteroatoms. The summed E-state index contributed by atoms with van der Waals surface area (Å²) in [5, 5.41) is 2.77. The number of nitrogens with two attached hydrogens (primary N) is 1. The van der Waals surface area contributed by atoms with Crippen LogP contribution in [0.4, 0.5) is 10.1 Å². The van der Waals surface area contributed by atoms with Crippen LogP contribution in [0.3, 0.4) is 0 Å². The van der Waals surface area contributed by atoms with Gasteiger partial charge in [0.15, 0.2) is 18.2 Å². The fourth-order valence-electron chi connectivity index (χ4n) is 1.24. The summed E-state index contributed by atoms with van der Waals surface area (Å²) in [5.74, 6) is -0.481. The Morgan fingerprint density at radius 2 is 2.11 bits per heavy atom. The van der Waals surface area contributed by atoms with Crippen molar-refractivity contribution >= 4 is 11.6 Å². The third-order valence-corrected chi connectivity index (χ3v) is 2.70. The largest absolute Gasteiger partial charge is 0.481 e. The molecule has 0 heterocycles. The number of carbonyl (C=O) groups excluding carboxylic acids is 1. The molecule has 0 aliphatic rings. The predicted molar refractivity (Wildman–Crippen MR) is 68.8 cm³/mol. The van der Waals surface area contributed by atoms with Gasteiger partial charge >= 0.3 is 0 Å². The maximum atomic E-state index is 13.4. The molecule has 1 unspecified atom stereocenters. The minimum absolute atomic E-state index is 0.0246. The van der Waals surface area contributed by atoms with Crippen LogP contribution < -0.4 is 15.8 Å². The maximum Gasteiger partial charge on any atom is 0.258 e. The molecule has 1 amide bonds. The Bertz CT molecular complexity index is 421. The van der Waals surface area contributed by atoms with Gasteiger partial charge in [0, 0.05) is 17.8 Å². The van der Waals surface area contributed by atoms with Crippen LogP contribution >= 0.6 is 0 Å². The van der Waals surface area contributed by atoms with Crippen molar-refractivity contribution in [2.75, 3.05) is 12.3 Å². The van der Waals surface area contributed by atoms with Crippen molar-refractivity contribution < 1.29 is 13.9 Å². The highest BCUT2D eigenvalue weighted by molar-refractivity contribution is 5.77. The molecule has 0 saturated carbocycles. The van der Waals surface area contributed by atoms with Gasteiger partial charge in [0.05, 0.1) is 0 Å². The Morgan fingerprint density at radius 1 is 1.44 bits per heavy atom. The van der Waals surface area contributed by atoms with Crippen molar-refractivity contribution in [1.29, 1.82) is 0 Å². The fraction of sp³-hybridized carbons (Fsp3) is 0.462. The summed E-state index contributed by atoms with van der Waals surface area (Å²) in [4.78, 5) is 11.5. The molecule has 0 radical (unpaired) electrons. The quantitative estimate of drug-likeness (QED) is 0.789. The van der Waals surface area contributed by atoms with E-state index in [1.807, 2.05) is 20.8 Å². The molecule has 0 spiro atoms. The van der Waals surface area contributed by atoms with E-state index in [9.17, 15) is 9.18 Å². The molecule has 1 aromatic carbocycles. The summed E-state index contributed by atoms with van der Waals surface area (Å²) >= 11 is 0. The molecule has 0 saturated heterocycles. The van der Waals surface area contributed by atoms with E-state index in [0.29, 0.717) is 11.6 Å². The number of hydrogen-bond donors (Lipinski definition) is 2. The van der Waals surface area contributed by atoms with E-state index in [-0.39, 0.29) is 24.3 Å². The van der Waals surface area contributed by atoms with E-state index >= 15 is 0 Å². The van der Waals surface area contributed by atoms with Gasteiger partial charge in [0.25, 0.3) is 5.91 Å². The third kappa shape index (κ3) is 4.24. The number of anilines is 1. The first-order chi connectivity index (χ1) is 8.40. The Morgan fingerprint density at radius 3 is 2.67 bits per heavy atom. The van der Waals surface area contributed by atoms with E-state index in [1.54, 1.807) is 0 Å². The molecule has 3 N–H and O–H groups in total. The topological polar surface area (TPSA) is 64.3 Å². The van der Waals surface area contributed by atoms with Crippen LogP contribution in [0.1, 0.15) is 20.8 Å². The predicted octanol–water partition coefficient (Wildman–Crippen LogP) is 1.95. The molecule has 4 nitrogen and oxygen atoms in total. The van der Waals surface area contributed by atoms with Crippen LogP contribution in [-0.2, 0) is 4.79 Å². The second-order valence-electron chi connectivity index (χ2n) is 4.58. The molecular weight excluding hydrogens is 235 g/mol. The summed E-state index contributed by atoms with van der Waals surface area (Å²) in [6, 6.07) is 4.14. The molecule has 0 aromatic heterocycles. The van der Waals surface area contributed by atoms with Gasteiger partial charge in [0.1, 0.15) is 0 Å². The number of benzene rings is 1. The van der Waals surface area contributed by atoms with Crippen molar-refractivity contribution in [1.82, 2.24) is 5.32 Å². The summed E-state index contributed by atoms with van der Waals surface area (Å²) < 4.78 is 18.4. The number of halogens is 1. The summed E-state index contributed by atoms with van der Waals surface area (Å²) in [6.45, 7) is 5.71. The van der Waals surface area contributed by atoms with E-state index < -0.39 is 5.82 Å². The Kier molecular flexibility index (Phi) is 4.95. The molecule has 1 atom stereocenters. The molecule has 0 aliphatic carbocycles. The average molecular weight is 254 g/mol. The Labute approximate surface area is 106 Å². The van der Waals surface area contributed by atoms with Crippen molar-refractivity contribution in [2.45, 2.75) is 26.8 Å². The van der Waals surface area contributed by atoms with E-state index in [0.717, 1.165) is 6.07 Å². The lowest BCUT2D eigenvalue weighted by molar-refractivity contribution is -0.124. The first-order valence-corrected chi connectivity index (χ1v) is 5.87. The zero-order valence-corrected chi connectivity index (χ0v) is 10.9.